The summed E-state index contributed by atoms with van der Waals surface area (Å²) in [6.45, 7) is 0.300. The minimum Gasteiger partial charge on any atom is -0.469 e. The Morgan fingerprint density at radius 1 is 1.16 bits per heavy atom. The van der Waals surface area contributed by atoms with Crippen LogP contribution in [0.25, 0.3) is 11.1 Å². The number of anilines is 2. The molecule has 1 aromatic carbocycles. The van der Waals surface area contributed by atoms with Crippen LogP contribution in [0.3, 0.4) is 0 Å². The summed E-state index contributed by atoms with van der Waals surface area (Å²) in [5.74, 6) is -0.494. The quantitative estimate of drug-likeness (QED) is 0.317. The molecule has 0 radical (unpaired) electrons. The molecule has 3 aromatic rings. The van der Waals surface area contributed by atoms with Crippen LogP contribution in [-0.4, -0.2) is 65.3 Å². The number of nitrogens with one attached hydrogen (secondary N) is 1. The van der Waals surface area contributed by atoms with Crippen LogP contribution in [0, 0.1) is 5.92 Å². The lowest BCUT2D eigenvalue weighted by Crippen LogP contribution is -2.40. The zero-order valence-corrected chi connectivity index (χ0v) is 21.8. The van der Waals surface area contributed by atoms with E-state index in [1.165, 1.54) is 7.11 Å². The molecule has 1 N–H and O–H groups in total. The number of hydrogen-bond acceptors (Lipinski definition) is 8. The van der Waals surface area contributed by atoms with Gasteiger partial charge in [-0.05, 0) is 49.9 Å². The van der Waals surface area contributed by atoms with E-state index in [9.17, 15) is 14.0 Å². The van der Waals surface area contributed by atoms with Crippen molar-refractivity contribution in [1.82, 2.24) is 14.9 Å². The van der Waals surface area contributed by atoms with Crippen molar-refractivity contribution in [2.75, 3.05) is 25.6 Å². The number of aromatic nitrogens is 2. The maximum atomic E-state index is 14.3. The molecule has 2 fully saturated rings. The minimum atomic E-state index is -1.10. The molecular weight excluding hydrogens is 515 g/mol. The molecule has 38 heavy (non-hydrogen) atoms. The van der Waals surface area contributed by atoms with Crippen molar-refractivity contribution in [3.63, 3.8) is 0 Å². The van der Waals surface area contributed by atoms with Crippen molar-refractivity contribution < 1.29 is 27.9 Å². The van der Waals surface area contributed by atoms with Crippen molar-refractivity contribution in [2.24, 2.45) is 5.92 Å². The summed E-state index contributed by atoms with van der Waals surface area (Å²) in [5, 5.41) is 3.18. The molecule has 1 aliphatic heterocycles. The van der Waals surface area contributed by atoms with Crippen molar-refractivity contribution >= 4 is 46.3 Å². The van der Waals surface area contributed by atoms with Crippen LogP contribution in [0.15, 0.2) is 40.8 Å². The lowest BCUT2D eigenvalue weighted by molar-refractivity contribution is -0.148. The second-order valence-corrected chi connectivity index (χ2v) is 10.2. The van der Waals surface area contributed by atoms with Gasteiger partial charge in [0.25, 0.3) is 6.01 Å². The lowest BCUT2D eigenvalue weighted by atomic mass is 9.87. The molecule has 1 saturated heterocycles. The standard InChI is InChI=1S/C27H30ClFN4O5/c1-36-26(35)16-6-9-20(10-7-16)37-15-19-12-17(29)14-33(19)24(34)13-18-8-11-22(25(28)30-18)32-27-31-21-4-2-3-5-23(21)38-27/h2-5,8,11,16-17,19-20H,6-7,9-10,12-15H2,1H3,(H,31,32)/t16-,17-,19-,20-/m0/s1. The number of esters is 1. The lowest BCUT2D eigenvalue weighted by Gasteiger charge is -2.30. The highest BCUT2D eigenvalue weighted by molar-refractivity contribution is 6.32. The summed E-state index contributed by atoms with van der Waals surface area (Å²) in [5.41, 5.74) is 2.33. The Hall–Kier alpha value is -3.24. The van der Waals surface area contributed by atoms with Gasteiger partial charge in [-0.25, -0.2) is 9.37 Å². The number of fused-ring (bicyclic) bond motifs is 1. The van der Waals surface area contributed by atoms with Gasteiger partial charge in [-0.15, -0.1) is 0 Å². The number of pyridine rings is 1. The molecule has 9 nitrogen and oxygen atoms in total. The molecule has 1 saturated carbocycles. The number of methoxy groups -OCH3 is 1. The first kappa shape index (κ1) is 26.4. The predicted molar refractivity (Wildman–Crippen MR) is 139 cm³/mol. The Bertz CT molecular complexity index is 1260. The van der Waals surface area contributed by atoms with Gasteiger partial charge in [0.05, 0.1) is 56.1 Å². The van der Waals surface area contributed by atoms with E-state index in [1.54, 1.807) is 17.0 Å². The highest BCUT2D eigenvalue weighted by Crippen LogP contribution is 2.30. The van der Waals surface area contributed by atoms with Crippen LogP contribution >= 0.6 is 11.6 Å². The number of para-hydroxylation sites is 2. The van der Waals surface area contributed by atoms with Gasteiger partial charge in [0.15, 0.2) is 10.7 Å². The second kappa shape index (κ2) is 11.7. The average Bonchev–Trinajstić information content (AvgIpc) is 3.51. The first-order chi connectivity index (χ1) is 18.4. The first-order valence-electron chi connectivity index (χ1n) is 12.8. The molecule has 2 aliphatic rings. The van der Waals surface area contributed by atoms with Crippen LogP contribution in [0.5, 0.6) is 0 Å². The number of oxazole rings is 1. The molecular formula is C27H30ClFN4O5. The van der Waals surface area contributed by atoms with Crippen LogP contribution in [-0.2, 0) is 25.5 Å². The number of amides is 1. The number of benzene rings is 1. The molecule has 1 amide bonds. The smallest absolute Gasteiger partial charge is 0.308 e. The van der Waals surface area contributed by atoms with Crippen LogP contribution in [0.4, 0.5) is 16.1 Å². The maximum absolute atomic E-state index is 14.3. The number of carbonyl (C=O) groups is 2. The Morgan fingerprint density at radius 2 is 1.95 bits per heavy atom. The Morgan fingerprint density at radius 3 is 2.68 bits per heavy atom. The molecule has 11 heteroatoms. The normalized spacial score (nSPS) is 23.5. The monoisotopic (exact) mass is 544 g/mol. The third-order valence-corrected chi connectivity index (χ3v) is 7.48. The molecule has 3 heterocycles. The summed E-state index contributed by atoms with van der Waals surface area (Å²) in [6, 6.07) is 10.7. The molecule has 202 valence electrons. The fraction of sp³-hybridized carbons (Fsp3) is 0.481. The van der Waals surface area contributed by atoms with E-state index in [2.05, 4.69) is 15.3 Å². The Kier molecular flexibility index (Phi) is 8.09. The van der Waals surface area contributed by atoms with Gasteiger partial charge in [-0.3, -0.25) is 9.59 Å². The van der Waals surface area contributed by atoms with Gasteiger partial charge < -0.3 is 24.1 Å². The summed E-state index contributed by atoms with van der Waals surface area (Å²) in [6.07, 6.45) is 2.04. The number of rotatable bonds is 8. The fourth-order valence-corrected chi connectivity index (χ4v) is 5.38. The molecule has 0 spiro atoms. The van der Waals surface area contributed by atoms with E-state index in [0.29, 0.717) is 35.3 Å². The zero-order chi connectivity index (χ0) is 26.6. The second-order valence-electron chi connectivity index (χ2n) is 9.79. The summed E-state index contributed by atoms with van der Waals surface area (Å²) in [4.78, 5) is 35.1. The van der Waals surface area contributed by atoms with Crippen molar-refractivity contribution in [2.45, 2.75) is 56.8 Å². The van der Waals surface area contributed by atoms with Gasteiger partial charge in [-0.2, -0.15) is 4.98 Å². The van der Waals surface area contributed by atoms with Gasteiger partial charge in [0.1, 0.15) is 11.7 Å². The fourth-order valence-electron chi connectivity index (χ4n) is 5.16. The summed E-state index contributed by atoms with van der Waals surface area (Å²) >= 11 is 6.37. The number of ether oxygens (including phenoxy) is 2. The number of carbonyl (C=O) groups excluding carboxylic acids is 2. The van der Waals surface area contributed by atoms with E-state index < -0.39 is 6.17 Å². The van der Waals surface area contributed by atoms with Crippen molar-refractivity contribution in [3.8, 4) is 0 Å². The number of halogens is 2. The molecule has 5 rings (SSSR count). The largest absolute Gasteiger partial charge is 0.469 e. The number of hydrogen-bond donors (Lipinski definition) is 1. The Balaban J connectivity index is 1.15. The molecule has 0 bridgehead atoms. The highest BCUT2D eigenvalue weighted by atomic mass is 35.5. The molecule has 1 aliphatic carbocycles. The van der Waals surface area contributed by atoms with E-state index in [0.717, 1.165) is 12.8 Å². The molecule has 0 unspecified atom stereocenters. The minimum absolute atomic E-state index is 0.00363. The maximum Gasteiger partial charge on any atom is 0.308 e. The Labute approximate surface area is 224 Å². The average molecular weight is 545 g/mol. The van der Waals surface area contributed by atoms with Crippen LogP contribution in [0.2, 0.25) is 5.15 Å². The summed E-state index contributed by atoms with van der Waals surface area (Å²) in [7, 11) is 1.40. The number of nitrogens with zero attached hydrogens (tertiary/aromatic N) is 3. The topological polar surface area (TPSA) is 107 Å². The number of likely N-dealkylation sites (tertiary alicyclic amines) is 1. The third-order valence-electron chi connectivity index (χ3n) is 7.19. The summed E-state index contributed by atoms with van der Waals surface area (Å²) < 4.78 is 30.8. The van der Waals surface area contributed by atoms with Gasteiger partial charge in [0.2, 0.25) is 5.91 Å². The SMILES string of the molecule is COC(=O)[C@H]1CC[C@H](OC[C@@H]2C[C@H](F)CN2C(=O)Cc2ccc(Nc3nc4ccccc4o3)c(Cl)n2)CC1. The first-order valence-corrected chi connectivity index (χ1v) is 13.2. The van der Waals surface area contributed by atoms with E-state index in [4.69, 9.17) is 25.5 Å². The zero-order valence-electron chi connectivity index (χ0n) is 21.1. The highest BCUT2D eigenvalue weighted by Gasteiger charge is 2.36. The van der Waals surface area contributed by atoms with Crippen molar-refractivity contribution in [3.05, 3.63) is 47.2 Å². The molecule has 2 atom stereocenters. The van der Waals surface area contributed by atoms with E-state index >= 15 is 0 Å². The van der Waals surface area contributed by atoms with Crippen LogP contribution < -0.4 is 5.32 Å². The van der Waals surface area contributed by atoms with Gasteiger partial charge in [-0.1, -0.05) is 23.7 Å². The van der Waals surface area contributed by atoms with Crippen LogP contribution in [0.1, 0.15) is 37.8 Å². The van der Waals surface area contributed by atoms with Gasteiger partial charge in [0, 0.05) is 6.42 Å². The number of alkyl halides is 1. The van der Waals surface area contributed by atoms with E-state index in [1.807, 2.05) is 24.3 Å². The van der Waals surface area contributed by atoms with E-state index in [-0.39, 0.29) is 67.1 Å². The third kappa shape index (κ3) is 6.07. The van der Waals surface area contributed by atoms with Gasteiger partial charge >= 0.3 is 5.97 Å². The van der Waals surface area contributed by atoms with Crippen molar-refractivity contribution in [1.29, 1.82) is 0 Å². The predicted octanol–water partition coefficient (Wildman–Crippen LogP) is 4.85. The molecule has 2 aromatic heterocycles.